The first kappa shape index (κ1) is 25.7. The van der Waals surface area contributed by atoms with Gasteiger partial charge in [-0.1, -0.05) is 41.9 Å². The lowest BCUT2D eigenvalue weighted by atomic mass is 10.1. The molecule has 1 aromatic heterocycles. The van der Waals surface area contributed by atoms with Crippen LogP contribution < -0.4 is 11.1 Å². The molecule has 11 heteroatoms. The van der Waals surface area contributed by atoms with Gasteiger partial charge in [-0.05, 0) is 29.0 Å². The maximum Gasteiger partial charge on any atom is 0.437 e. The summed E-state index contributed by atoms with van der Waals surface area (Å²) in [6, 6.07) is 16.4. The van der Waals surface area contributed by atoms with Crippen molar-refractivity contribution >= 4 is 46.4 Å². The van der Waals surface area contributed by atoms with Crippen molar-refractivity contribution in [1.29, 1.82) is 0 Å². The van der Waals surface area contributed by atoms with Crippen LogP contribution in [0, 0.1) is 0 Å². The van der Waals surface area contributed by atoms with Crippen LogP contribution in [0.25, 0.3) is 22.2 Å². The van der Waals surface area contributed by atoms with Crippen molar-refractivity contribution in [3.05, 3.63) is 75.7 Å². The van der Waals surface area contributed by atoms with Gasteiger partial charge in [-0.25, -0.2) is 4.79 Å². The fourth-order valence-corrected chi connectivity index (χ4v) is 4.22. The van der Waals surface area contributed by atoms with Gasteiger partial charge in [-0.15, -0.1) is 17.5 Å². The van der Waals surface area contributed by atoms with Crippen LogP contribution in [0.4, 0.5) is 5.69 Å². The van der Waals surface area contributed by atoms with Gasteiger partial charge in [0, 0.05) is 30.3 Å². The number of aromatic hydroxyl groups is 1. The predicted octanol–water partition coefficient (Wildman–Crippen LogP) is 3.76. The first-order chi connectivity index (χ1) is 17.0. The molecule has 0 aliphatic carbocycles. The lowest BCUT2D eigenvalue weighted by molar-refractivity contribution is -0.118. The van der Waals surface area contributed by atoms with Crippen molar-refractivity contribution in [2.75, 3.05) is 38.2 Å². The Morgan fingerprint density at radius 1 is 1.08 bits per heavy atom. The molecule has 1 saturated heterocycles. The highest BCUT2D eigenvalue weighted by Gasteiger charge is 2.18. The number of aromatic nitrogens is 2. The fraction of sp³-hybridized carbons (Fsp3) is 0.240. The van der Waals surface area contributed by atoms with E-state index in [4.69, 9.17) is 20.8 Å². The molecule has 0 spiro atoms. The number of amides is 1. The molecular weight excluding hydrogens is 507 g/mol. The van der Waals surface area contributed by atoms with E-state index in [1.807, 2.05) is 47.4 Å². The molecule has 1 fully saturated rings. The Balaban J connectivity index is 0.00000304. The molecule has 0 unspecified atom stereocenters. The van der Waals surface area contributed by atoms with Gasteiger partial charge in [0.15, 0.2) is 0 Å². The van der Waals surface area contributed by atoms with Crippen molar-refractivity contribution in [2.24, 2.45) is 0 Å². The van der Waals surface area contributed by atoms with Crippen LogP contribution in [0.1, 0.15) is 5.56 Å². The van der Waals surface area contributed by atoms with E-state index >= 15 is 0 Å². The summed E-state index contributed by atoms with van der Waals surface area (Å²) in [5.41, 5.74) is 1.32. The van der Waals surface area contributed by atoms with E-state index in [9.17, 15) is 14.7 Å². The van der Waals surface area contributed by atoms with E-state index in [1.165, 1.54) is 12.1 Å². The van der Waals surface area contributed by atoms with E-state index in [-0.39, 0.29) is 53.8 Å². The molecule has 1 aliphatic rings. The van der Waals surface area contributed by atoms with Gasteiger partial charge in [0.25, 0.3) is 0 Å². The van der Waals surface area contributed by atoms with Crippen LogP contribution in [0.3, 0.4) is 0 Å². The SMILES string of the molecule is Cl.O=C(CN1CCOCC1)Nc1cc(O)c(Cn2nc(-c3ccc4ccccc4c3)oc2=O)cc1Cl. The zero-order valence-electron chi connectivity index (χ0n) is 19.1. The second kappa shape index (κ2) is 11.1. The minimum Gasteiger partial charge on any atom is -0.508 e. The highest BCUT2D eigenvalue weighted by atomic mass is 35.5. The highest BCUT2D eigenvalue weighted by molar-refractivity contribution is 6.33. The Bertz CT molecular complexity index is 1450. The van der Waals surface area contributed by atoms with Gasteiger partial charge < -0.3 is 19.6 Å². The molecule has 9 nitrogen and oxygen atoms in total. The number of phenols is 1. The summed E-state index contributed by atoms with van der Waals surface area (Å²) in [5, 5.41) is 19.8. The highest BCUT2D eigenvalue weighted by Crippen LogP contribution is 2.31. The van der Waals surface area contributed by atoms with Gasteiger partial charge >= 0.3 is 5.76 Å². The van der Waals surface area contributed by atoms with Crippen LogP contribution in [0.15, 0.2) is 63.8 Å². The summed E-state index contributed by atoms with van der Waals surface area (Å²) in [7, 11) is 0. The summed E-state index contributed by atoms with van der Waals surface area (Å²) in [5.74, 6) is -0.850. The first-order valence-electron chi connectivity index (χ1n) is 11.1. The molecule has 0 radical (unpaired) electrons. The lowest BCUT2D eigenvalue weighted by Crippen LogP contribution is -2.41. The molecule has 5 rings (SSSR count). The summed E-state index contributed by atoms with van der Waals surface area (Å²) in [6.07, 6.45) is 0. The number of phenolic OH excluding ortho intramolecular Hbond substituents is 1. The molecule has 4 aromatic rings. The number of benzene rings is 3. The number of rotatable bonds is 6. The number of morpholine rings is 1. The number of halogens is 2. The van der Waals surface area contributed by atoms with Crippen LogP contribution in [0.2, 0.25) is 5.02 Å². The lowest BCUT2D eigenvalue weighted by Gasteiger charge is -2.25. The molecule has 188 valence electrons. The molecule has 0 bridgehead atoms. The van der Waals surface area contributed by atoms with Gasteiger partial charge in [0.1, 0.15) is 5.75 Å². The number of carbonyl (C=O) groups excluding carboxylic acids is 1. The molecule has 3 aromatic carbocycles. The molecule has 0 atom stereocenters. The Hall–Kier alpha value is -3.37. The van der Waals surface area contributed by atoms with Gasteiger partial charge in [-0.2, -0.15) is 4.68 Å². The van der Waals surface area contributed by atoms with Crippen molar-refractivity contribution in [1.82, 2.24) is 14.7 Å². The Labute approximate surface area is 217 Å². The summed E-state index contributed by atoms with van der Waals surface area (Å²) < 4.78 is 11.8. The smallest absolute Gasteiger partial charge is 0.437 e. The maximum atomic E-state index is 12.4. The number of hydrogen-bond donors (Lipinski definition) is 2. The van der Waals surface area contributed by atoms with Gasteiger partial charge in [0.2, 0.25) is 11.8 Å². The largest absolute Gasteiger partial charge is 0.508 e. The summed E-state index contributed by atoms with van der Waals surface area (Å²) in [6.45, 7) is 2.69. The molecule has 1 amide bonds. The second-order valence-corrected chi connectivity index (χ2v) is 8.70. The topological polar surface area (TPSA) is 110 Å². The number of fused-ring (bicyclic) bond motifs is 1. The van der Waals surface area contributed by atoms with Crippen LogP contribution in [-0.2, 0) is 16.1 Å². The third-order valence-electron chi connectivity index (χ3n) is 5.84. The maximum absolute atomic E-state index is 12.4. The number of ether oxygens (including phenoxy) is 1. The Morgan fingerprint density at radius 2 is 1.83 bits per heavy atom. The first-order valence-corrected chi connectivity index (χ1v) is 11.5. The molecule has 36 heavy (non-hydrogen) atoms. The number of carbonyl (C=O) groups is 1. The van der Waals surface area contributed by atoms with E-state index in [1.54, 1.807) is 0 Å². The van der Waals surface area contributed by atoms with Crippen molar-refractivity contribution < 1.29 is 19.1 Å². The van der Waals surface area contributed by atoms with E-state index in [2.05, 4.69) is 10.4 Å². The second-order valence-electron chi connectivity index (χ2n) is 8.29. The quantitative estimate of drug-likeness (QED) is 0.390. The third-order valence-corrected chi connectivity index (χ3v) is 6.15. The van der Waals surface area contributed by atoms with Gasteiger partial charge in [-0.3, -0.25) is 9.69 Å². The number of hydrogen-bond acceptors (Lipinski definition) is 7. The molecule has 1 aliphatic heterocycles. The predicted molar refractivity (Wildman–Crippen MR) is 139 cm³/mol. The van der Waals surface area contributed by atoms with Crippen molar-refractivity contribution in [2.45, 2.75) is 6.54 Å². The minimum atomic E-state index is -0.661. The summed E-state index contributed by atoms with van der Waals surface area (Å²) >= 11 is 6.36. The minimum absolute atomic E-state index is 0. The molecule has 2 N–H and O–H groups in total. The zero-order valence-corrected chi connectivity index (χ0v) is 20.7. The molecule has 0 saturated carbocycles. The van der Waals surface area contributed by atoms with Crippen molar-refractivity contribution in [3.8, 4) is 17.2 Å². The Morgan fingerprint density at radius 3 is 2.61 bits per heavy atom. The van der Waals surface area contributed by atoms with Crippen LogP contribution in [-0.4, -0.2) is 58.5 Å². The standard InChI is InChI=1S/C25H23ClN4O5.ClH/c26-20-12-19(22(31)13-21(20)27-23(32)15-29-7-9-34-10-8-29)14-30-25(33)35-24(28-30)18-6-5-16-3-1-2-4-17(16)11-18;/h1-6,11-13,31H,7-10,14-15H2,(H,27,32);1H. The number of anilines is 1. The van der Waals surface area contributed by atoms with E-state index in [0.717, 1.165) is 15.5 Å². The van der Waals surface area contributed by atoms with Crippen LogP contribution >= 0.6 is 24.0 Å². The molecular formula is C25H24Cl2N4O5. The van der Waals surface area contributed by atoms with E-state index in [0.29, 0.717) is 37.4 Å². The molecule has 2 heterocycles. The fourth-order valence-electron chi connectivity index (χ4n) is 3.98. The zero-order chi connectivity index (χ0) is 24.4. The van der Waals surface area contributed by atoms with Gasteiger partial charge in [0.05, 0.1) is 37.0 Å². The summed E-state index contributed by atoms with van der Waals surface area (Å²) in [4.78, 5) is 26.8. The van der Waals surface area contributed by atoms with Crippen molar-refractivity contribution in [3.63, 3.8) is 0 Å². The monoisotopic (exact) mass is 530 g/mol. The normalized spacial score (nSPS) is 13.9. The van der Waals surface area contributed by atoms with E-state index < -0.39 is 5.76 Å². The Kier molecular flexibility index (Phi) is 7.95. The van der Waals surface area contributed by atoms with Crippen LogP contribution in [0.5, 0.6) is 5.75 Å². The average Bonchev–Trinajstić information content (AvgIpc) is 3.22. The third kappa shape index (κ3) is 5.71. The average molecular weight is 531 g/mol. The number of nitrogens with zero attached hydrogens (tertiary/aromatic N) is 3. The number of nitrogens with one attached hydrogen (secondary N) is 1.